The number of ketones is 1. The molecule has 7 nitrogen and oxygen atoms in total. The molecule has 0 saturated heterocycles. The minimum Gasteiger partial charge on any atom is -0.595 e. The molecule has 3 rings (SSSR count). The van der Waals surface area contributed by atoms with Gasteiger partial charge in [0, 0.05) is 12.0 Å². The molecular weight excluding hydrogens is 334 g/mol. The number of primary amides is 1. The average molecular weight is 353 g/mol. The van der Waals surface area contributed by atoms with Crippen LogP contribution in [0.4, 0.5) is 0 Å². The first-order valence-electron chi connectivity index (χ1n) is 8.12. The summed E-state index contributed by atoms with van der Waals surface area (Å²) in [5.74, 6) is -0.336. The Morgan fingerprint density at radius 2 is 1.88 bits per heavy atom. The van der Waals surface area contributed by atoms with Crippen LogP contribution < -0.4 is 15.3 Å². The van der Waals surface area contributed by atoms with Crippen LogP contribution in [-0.2, 0) is 11.3 Å². The van der Waals surface area contributed by atoms with Crippen molar-refractivity contribution >= 4 is 22.6 Å². The van der Waals surface area contributed by atoms with Crippen molar-refractivity contribution in [3.8, 4) is 5.75 Å². The SMILES string of the molecule is COc1ccc2c(C(=O)c3ccc(C)cc3)n(CCC(N)=O)[n+]([O-])c2c1. The van der Waals surface area contributed by atoms with E-state index in [1.54, 1.807) is 30.3 Å². The molecule has 1 aromatic heterocycles. The highest BCUT2D eigenvalue weighted by atomic mass is 16.5. The van der Waals surface area contributed by atoms with E-state index < -0.39 is 5.91 Å². The summed E-state index contributed by atoms with van der Waals surface area (Å²) >= 11 is 0. The van der Waals surface area contributed by atoms with Crippen LogP contribution in [0.3, 0.4) is 0 Å². The monoisotopic (exact) mass is 353 g/mol. The van der Waals surface area contributed by atoms with E-state index >= 15 is 0 Å². The van der Waals surface area contributed by atoms with E-state index in [1.807, 2.05) is 19.1 Å². The van der Waals surface area contributed by atoms with Gasteiger partial charge in [-0.05, 0) is 19.1 Å². The molecule has 0 radical (unpaired) electrons. The van der Waals surface area contributed by atoms with Gasteiger partial charge < -0.3 is 15.7 Å². The van der Waals surface area contributed by atoms with Gasteiger partial charge in [0.1, 0.15) is 5.75 Å². The van der Waals surface area contributed by atoms with E-state index in [-0.39, 0.29) is 24.4 Å². The largest absolute Gasteiger partial charge is 0.595 e. The minimum atomic E-state index is -0.547. The van der Waals surface area contributed by atoms with Crippen molar-refractivity contribution in [1.82, 2.24) is 4.68 Å². The van der Waals surface area contributed by atoms with Gasteiger partial charge in [-0.15, -0.1) is 4.68 Å². The van der Waals surface area contributed by atoms with Crippen LogP contribution >= 0.6 is 0 Å². The topological polar surface area (TPSA) is 101 Å². The van der Waals surface area contributed by atoms with Crippen molar-refractivity contribution in [1.29, 1.82) is 0 Å². The Labute approximate surface area is 150 Å². The molecule has 0 spiro atoms. The molecule has 2 aromatic carbocycles. The smallest absolute Gasteiger partial charge is 0.255 e. The Morgan fingerprint density at radius 3 is 2.50 bits per heavy atom. The van der Waals surface area contributed by atoms with Crippen LogP contribution in [0.15, 0.2) is 42.5 Å². The maximum absolute atomic E-state index is 13.1. The van der Waals surface area contributed by atoms with Gasteiger partial charge in [-0.25, -0.2) is 0 Å². The number of methoxy groups -OCH3 is 1. The fraction of sp³-hybridized carbons (Fsp3) is 0.211. The van der Waals surface area contributed by atoms with Gasteiger partial charge >= 0.3 is 0 Å². The summed E-state index contributed by atoms with van der Waals surface area (Å²) in [7, 11) is 1.50. The molecule has 0 unspecified atom stereocenters. The second kappa shape index (κ2) is 6.87. The fourth-order valence-electron chi connectivity index (χ4n) is 2.86. The number of benzene rings is 2. The number of carbonyl (C=O) groups excluding carboxylic acids is 2. The molecule has 0 atom stereocenters. The van der Waals surface area contributed by atoms with Gasteiger partial charge in [-0.2, -0.15) is 0 Å². The maximum atomic E-state index is 13.1. The lowest BCUT2D eigenvalue weighted by Gasteiger charge is -2.06. The lowest BCUT2D eigenvalue weighted by Crippen LogP contribution is -2.40. The van der Waals surface area contributed by atoms with Gasteiger partial charge in [0.2, 0.25) is 11.7 Å². The van der Waals surface area contributed by atoms with Crippen LogP contribution in [0, 0.1) is 12.1 Å². The molecule has 0 aliphatic carbocycles. The van der Waals surface area contributed by atoms with Gasteiger partial charge in [0.25, 0.3) is 5.52 Å². The quantitative estimate of drug-likeness (QED) is 0.414. The number of nitrogens with zero attached hydrogens (tertiary/aromatic N) is 2. The zero-order valence-corrected chi connectivity index (χ0v) is 14.6. The number of rotatable bonds is 6. The third-order valence-electron chi connectivity index (χ3n) is 4.24. The highest BCUT2D eigenvalue weighted by molar-refractivity contribution is 6.14. The first-order valence-corrected chi connectivity index (χ1v) is 8.12. The predicted octanol–water partition coefficient (Wildman–Crippen LogP) is 1.70. The summed E-state index contributed by atoms with van der Waals surface area (Å²) in [5.41, 5.74) is 7.23. The Morgan fingerprint density at radius 1 is 1.19 bits per heavy atom. The standard InChI is InChI=1S/C19H19N3O4/c1-12-3-5-13(6-4-12)19(24)18-15-8-7-14(26-2)11-16(15)22(25)21(18)10-9-17(20)23/h3-8,11H,9-10H2,1-2H3,(H2,20,23). The number of amides is 1. The fourth-order valence-corrected chi connectivity index (χ4v) is 2.86. The predicted molar refractivity (Wildman–Crippen MR) is 95.9 cm³/mol. The molecule has 0 fully saturated rings. The molecular formula is C19H19N3O4. The molecule has 1 heterocycles. The maximum Gasteiger partial charge on any atom is 0.255 e. The minimum absolute atomic E-state index is 0.0166. The van der Waals surface area contributed by atoms with Crippen LogP contribution in [-0.4, -0.2) is 23.5 Å². The summed E-state index contributed by atoms with van der Waals surface area (Å²) in [6.07, 6.45) is -0.0471. The lowest BCUT2D eigenvalue weighted by molar-refractivity contribution is -0.670. The Balaban J connectivity index is 2.20. The zero-order chi connectivity index (χ0) is 18.8. The summed E-state index contributed by atoms with van der Waals surface area (Å²) in [6.45, 7) is 1.94. The molecule has 3 aromatic rings. The Kier molecular flexibility index (Phi) is 4.62. The van der Waals surface area contributed by atoms with Crippen molar-refractivity contribution < 1.29 is 19.2 Å². The van der Waals surface area contributed by atoms with E-state index in [2.05, 4.69) is 0 Å². The van der Waals surface area contributed by atoms with E-state index in [9.17, 15) is 14.8 Å². The molecule has 2 N–H and O–H groups in total. The normalized spacial score (nSPS) is 10.8. The third kappa shape index (κ3) is 3.11. The number of ether oxygens (including phenoxy) is 1. The molecule has 26 heavy (non-hydrogen) atoms. The highest BCUT2D eigenvalue weighted by Gasteiger charge is 2.27. The summed E-state index contributed by atoms with van der Waals surface area (Å²) in [6, 6.07) is 12.0. The molecule has 0 aliphatic heterocycles. The van der Waals surface area contributed by atoms with Gasteiger partial charge in [-0.3, -0.25) is 9.59 Å². The van der Waals surface area contributed by atoms with E-state index in [1.165, 1.54) is 11.8 Å². The third-order valence-corrected chi connectivity index (χ3v) is 4.24. The molecule has 134 valence electrons. The van der Waals surface area contributed by atoms with Gasteiger partial charge in [-0.1, -0.05) is 34.7 Å². The van der Waals surface area contributed by atoms with Crippen molar-refractivity contribution in [2.75, 3.05) is 7.11 Å². The number of aromatic nitrogens is 2. The second-order valence-electron chi connectivity index (χ2n) is 6.04. The zero-order valence-electron chi connectivity index (χ0n) is 14.6. The van der Waals surface area contributed by atoms with Crippen LogP contribution in [0.2, 0.25) is 0 Å². The number of aryl methyl sites for hydroxylation is 1. The Hall–Kier alpha value is -3.35. The number of nitrogens with two attached hydrogens (primary N) is 1. The Bertz CT molecular complexity index is 990. The van der Waals surface area contributed by atoms with E-state index in [0.29, 0.717) is 27.1 Å². The van der Waals surface area contributed by atoms with Crippen molar-refractivity contribution in [3.05, 3.63) is 64.5 Å². The highest BCUT2D eigenvalue weighted by Crippen LogP contribution is 2.24. The number of hydrogen-bond acceptors (Lipinski definition) is 4. The first-order chi connectivity index (χ1) is 12.4. The van der Waals surface area contributed by atoms with Crippen LogP contribution in [0.25, 0.3) is 10.9 Å². The number of carbonyl (C=O) groups is 2. The number of fused-ring (bicyclic) bond motifs is 1. The van der Waals surface area contributed by atoms with Crippen LogP contribution in [0.5, 0.6) is 5.75 Å². The van der Waals surface area contributed by atoms with Crippen molar-refractivity contribution in [3.63, 3.8) is 0 Å². The summed E-state index contributed by atoms with van der Waals surface area (Å²) < 4.78 is 6.41. The number of hydrogen-bond donors (Lipinski definition) is 1. The van der Waals surface area contributed by atoms with E-state index in [0.717, 1.165) is 5.56 Å². The van der Waals surface area contributed by atoms with Crippen molar-refractivity contribution in [2.45, 2.75) is 19.9 Å². The first kappa shape index (κ1) is 17.5. The summed E-state index contributed by atoms with van der Waals surface area (Å²) in [4.78, 5) is 24.9. The van der Waals surface area contributed by atoms with Gasteiger partial charge in [0.15, 0.2) is 5.69 Å². The molecule has 0 saturated carbocycles. The average Bonchev–Trinajstić information content (AvgIpc) is 2.91. The molecule has 1 amide bonds. The van der Waals surface area contributed by atoms with Gasteiger partial charge in [0.05, 0.1) is 25.1 Å². The molecule has 0 aliphatic rings. The molecule has 0 bridgehead atoms. The van der Waals surface area contributed by atoms with Crippen LogP contribution in [0.1, 0.15) is 28.0 Å². The molecule has 7 heteroatoms. The van der Waals surface area contributed by atoms with E-state index in [4.69, 9.17) is 10.5 Å². The second-order valence-corrected chi connectivity index (χ2v) is 6.04. The lowest BCUT2D eigenvalue weighted by atomic mass is 10.0. The summed E-state index contributed by atoms with van der Waals surface area (Å²) in [5, 5.41) is 13.2. The van der Waals surface area contributed by atoms with Crippen molar-refractivity contribution in [2.24, 2.45) is 5.73 Å².